The zero-order valence-electron chi connectivity index (χ0n) is 20.9. The minimum atomic E-state index is -3.67. The van der Waals surface area contributed by atoms with E-state index in [1.165, 1.54) is 23.7 Å². The molecule has 9 heteroatoms. The number of rotatable bonds is 10. The van der Waals surface area contributed by atoms with Gasteiger partial charge in [-0.05, 0) is 60.2 Å². The van der Waals surface area contributed by atoms with E-state index in [4.69, 9.17) is 4.74 Å². The summed E-state index contributed by atoms with van der Waals surface area (Å²) in [5.74, 6) is 0.947. The summed E-state index contributed by atoms with van der Waals surface area (Å²) in [6.07, 6.45) is 5.76. The third-order valence-corrected chi connectivity index (χ3v) is 7.75. The van der Waals surface area contributed by atoms with Crippen LogP contribution in [0.5, 0.6) is 5.75 Å². The van der Waals surface area contributed by atoms with Gasteiger partial charge in [0.15, 0.2) is 5.03 Å². The van der Waals surface area contributed by atoms with E-state index >= 15 is 0 Å². The van der Waals surface area contributed by atoms with Crippen molar-refractivity contribution in [2.24, 2.45) is 7.05 Å². The molecule has 0 fully saturated rings. The lowest BCUT2D eigenvalue weighted by atomic mass is 9.76. The van der Waals surface area contributed by atoms with Crippen LogP contribution in [0.1, 0.15) is 48.4 Å². The third-order valence-electron chi connectivity index (χ3n) is 6.41. The molecule has 3 aromatic rings. The highest BCUT2D eigenvalue weighted by Gasteiger charge is 2.30. The summed E-state index contributed by atoms with van der Waals surface area (Å²) in [6.45, 7) is 4.66. The van der Waals surface area contributed by atoms with E-state index in [1.807, 2.05) is 24.3 Å². The first-order chi connectivity index (χ1) is 17.2. The number of nitrogens with one attached hydrogen (secondary N) is 2. The summed E-state index contributed by atoms with van der Waals surface area (Å²) in [4.78, 5) is 3.90. The molecule has 0 bridgehead atoms. The third kappa shape index (κ3) is 6.32. The zero-order valence-corrected chi connectivity index (χ0v) is 21.8. The standard InChI is InChI=1S/C27H33N5O3S/c1-19(2)31-26-10-8-22-7-9-23(35-12-11-30-36(33,34)27-17-32(3)18-29-27)15-24(22)25(26)14-20-5-4-6-21(13-20)16-28/h4-7,9,13,15,17-19,25-26,30-31H,8,10-12,14H2,1-3H3. The monoisotopic (exact) mass is 507 g/mol. The predicted octanol–water partition coefficient (Wildman–Crippen LogP) is 3.29. The second kappa shape index (κ2) is 11.2. The Hall–Kier alpha value is -3.19. The van der Waals surface area contributed by atoms with Crippen molar-refractivity contribution in [3.63, 3.8) is 0 Å². The van der Waals surface area contributed by atoms with Gasteiger partial charge in [-0.1, -0.05) is 32.0 Å². The van der Waals surface area contributed by atoms with Gasteiger partial charge in [0, 0.05) is 37.8 Å². The number of sulfonamides is 1. The molecule has 2 unspecified atom stereocenters. The summed E-state index contributed by atoms with van der Waals surface area (Å²) in [7, 11) is -1.95. The van der Waals surface area contributed by atoms with Crippen molar-refractivity contribution in [1.82, 2.24) is 19.6 Å². The van der Waals surface area contributed by atoms with Crippen molar-refractivity contribution in [1.29, 1.82) is 5.26 Å². The minimum Gasteiger partial charge on any atom is -0.492 e. The number of nitriles is 1. The zero-order chi connectivity index (χ0) is 25.7. The van der Waals surface area contributed by atoms with Gasteiger partial charge in [0.1, 0.15) is 12.4 Å². The molecule has 2 atom stereocenters. The highest BCUT2D eigenvalue weighted by molar-refractivity contribution is 7.89. The molecule has 1 aliphatic carbocycles. The van der Waals surface area contributed by atoms with Crippen LogP contribution >= 0.6 is 0 Å². The SMILES string of the molecule is CC(C)NC1CCc2ccc(OCCNS(=O)(=O)c3cn(C)cn3)cc2C1Cc1cccc(C#N)c1. The van der Waals surface area contributed by atoms with Crippen LogP contribution in [-0.2, 0) is 29.9 Å². The largest absolute Gasteiger partial charge is 0.492 e. The van der Waals surface area contributed by atoms with Crippen molar-refractivity contribution in [3.05, 3.63) is 77.2 Å². The molecule has 0 spiro atoms. The van der Waals surface area contributed by atoms with E-state index in [9.17, 15) is 13.7 Å². The van der Waals surface area contributed by atoms with E-state index in [1.54, 1.807) is 11.6 Å². The molecular weight excluding hydrogens is 474 g/mol. The second-order valence-electron chi connectivity index (χ2n) is 9.57. The fourth-order valence-electron chi connectivity index (χ4n) is 4.81. The van der Waals surface area contributed by atoms with Crippen LogP contribution in [0.2, 0.25) is 0 Å². The smallest absolute Gasteiger partial charge is 0.259 e. The van der Waals surface area contributed by atoms with Crippen LogP contribution in [0.4, 0.5) is 0 Å². The number of hydrogen-bond donors (Lipinski definition) is 2. The molecule has 36 heavy (non-hydrogen) atoms. The lowest BCUT2D eigenvalue weighted by Gasteiger charge is -2.36. The molecule has 0 aliphatic heterocycles. The summed E-state index contributed by atoms with van der Waals surface area (Å²) in [5.41, 5.74) is 4.36. The summed E-state index contributed by atoms with van der Waals surface area (Å²) >= 11 is 0. The van der Waals surface area contributed by atoms with Crippen molar-refractivity contribution in [2.45, 2.75) is 56.1 Å². The Morgan fingerprint density at radius 3 is 2.81 bits per heavy atom. The number of fused-ring (bicyclic) bond motifs is 1. The molecule has 190 valence electrons. The summed E-state index contributed by atoms with van der Waals surface area (Å²) < 4.78 is 34.8. The predicted molar refractivity (Wildman–Crippen MR) is 138 cm³/mol. The first kappa shape index (κ1) is 25.9. The molecule has 4 rings (SSSR count). The van der Waals surface area contributed by atoms with Crippen LogP contribution < -0.4 is 14.8 Å². The lowest BCUT2D eigenvalue weighted by Crippen LogP contribution is -2.42. The Bertz CT molecular complexity index is 1340. The Morgan fingerprint density at radius 1 is 1.25 bits per heavy atom. The topological polar surface area (TPSA) is 109 Å². The van der Waals surface area contributed by atoms with Gasteiger partial charge in [-0.3, -0.25) is 0 Å². The number of imidazole rings is 1. The quantitative estimate of drug-likeness (QED) is 0.408. The molecule has 8 nitrogen and oxygen atoms in total. The molecule has 0 radical (unpaired) electrons. The van der Waals surface area contributed by atoms with Gasteiger partial charge >= 0.3 is 0 Å². The van der Waals surface area contributed by atoms with E-state index in [0.29, 0.717) is 23.4 Å². The molecule has 0 saturated carbocycles. The Labute approximate surface area is 213 Å². The molecular formula is C27H33N5O3S. The van der Waals surface area contributed by atoms with E-state index in [-0.39, 0.29) is 24.1 Å². The summed E-state index contributed by atoms with van der Waals surface area (Å²) in [5, 5.41) is 13.1. The molecule has 2 aromatic carbocycles. The maximum atomic E-state index is 12.4. The highest BCUT2D eigenvalue weighted by atomic mass is 32.2. The van der Waals surface area contributed by atoms with E-state index < -0.39 is 10.0 Å². The van der Waals surface area contributed by atoms with Gasteiger partial charge in [0.2, 0.25) is 0 Å². The van der Waals surface area contributed by atoms with Crippen molar-refractivity contribution >= 4 is 10.0 Å². The van der Waals surface area contributed by atoms with Crippen LogP contribution in [0.15, 0.2) is 60.0 Å². The first-order valence-corrected chi connectivity index (χ1v) is 13.7. The molecule has 1 aliphatic rings. The van der Waals surface area contributed by atoms with Gasteiger partial charge < -0.3 is 14.6 Å². The molecule has 2 N–H and O–H groups in total. The Balaban J connectivity index is 1.48. The fourth-order valence-corrected chi connectivity index (χ4v) is 5.80. The average Bonchev–Trinajstić information content (AvgIpc) is 3.30. The second-order valence-corrected chi connectivity index (χ2v) is 11.3. The van der Waals surface area contributed by atoms with Crippen molar-refractivity contribution in [2.75, 3.05) is 13.2 Å². The number of benzene rings is 2. The van der Waals surface area contributed by atoms with Crippen LogP contribution in [-0.4, -0.2) is 43.2 Å². The van der Waals surface area contributed by atoms with Gasteiger partial charge in [0.25, 0.3) is 10.0 Å². The van der Waals surface area contributed by atoms with Crippen LogP contribution in [0.3, 0.4) is 0 Å². The van der Waals surface area contributed by atoms with Gasteiger partial charge in [-0.2, -0.15) is 5.26 Å². The normalized spacial score (nSPS) is 17.5. The van der Waals surface area contributed by atoms with Crippen molar-refractivity contribution < 1.29 is 13.2 Å². The molecule has 1 heterocycles. The average molecular weight is 508 g/mol. The highest BCUT2D eigenvalue weighted by Crippen LogP contribution is 2.37. The summed E-state index contributed by atoms with van der Waals surface area (Å²) in [6, 6.07) is 16.9. The van der Waals surface area contributed by atoms with Gasteiger partial charge in [0.05, 0.1) is 18.0 Å². The van der Waals surface area contributed by atoms with Crippen LogP contribution in [0, 0.1) is 11.3 Å². The number of nitrogens with zero attached hydrogens (tertiary/aromatic N) is 3. The van der Waals surface area contributed by atoms with E-state index in [2.05, 4.69) is 53.1 Å². The van der Waals surface area contributed by atoms with Crippen molar-refractivity contribution in [3.8, 4) is 11.8 Å². The van der Waals surface area contributed by atoms with Gasteiger partial charge in [-0.15, -0.1) is 0 Å². The number of aromatic nitrogens is 2. The lowest BCUT2D eigenvalue weighted by molar-refractivity contribution is 0.319. The molecule has 0 amide bonds. The van der Waals surface area contributed by atoms with Crippen LogP contribution in [0.25, 0.3) is 0 Å². The fraction of sp³-hybridized carbons (Fsp3) is 0.407. The first-order valence-electron chi connectivity index (χ1n) is 12.2. The van der Waals surface area contributed by atoms with Gasteiger partial charge in [-0.25, -0.2) is 18.1 Å². The Kier molecular flexibility index (Phi) is 8.09. The number of hydrogen-bond acceptors (Lipinski definition) is 6. The maximum absolute atomic E-state index is 12.4. The molecule has 0 saturated heterocycles. The number of aryl methyl sites for hydroxylation is 2. The Morgan fingerprint density at radius 2 is 2.08 bits per heavy atom. The number of ether oxygens (including phenoxy) is 1. The maximum Gasteiger partial charge on any atom is 0.259 e. The molecule has 1 aromatic heterocycles. The van der Waals surface area contributed by atoms with E-state index in [0.717, 1.165) is 24.8 Å². The minimum absolute atomic E-state index is 0.00853.